The molecule has 5 heterocycles. The van der Waals surface area contributed by atoms with Crippen LogP contribution in [0.3, 0.4) is 0 Å². The summed E-state index contributed by atoms with van der Waals surface area (Å²) in [7, 11) is 0. The van der Waals surface area contributed by atoms with Crippen molar-refractivity contribution in [1.82, 2.24) is 38.0 Å². The van der Waals surface area contributed by atoms with Gasteiger partial charge in [0, 0.05) is 38.7 Å². The molecule has 0 atom stereocenters. The second-order valence-electron chi connectivity index (χ2n) is 15.6. The van der Waals surface area contributed by atoms with Crippen LogP contribution in [0.15, 0.2) is 206 Å². The molecule has 0 bridgehead atoms. The van der Waals surface area contributed by atoms with Gasteiger partial charge >= 0.3 is 0 Å². The third-order valence-corrected chi connectivity index (χ3v) is 12.0. The van der Waals surface area contributed by atoms with Crippen LogP contribution in [0.25, 0.3) is 112 Å². The van der Waals surface area contributed by atoms with Crippen LogP contribution in [0.1, 0.15) is 0 Å². The molecule has 0 radical (unpaired) electrons. The number of hydrogen-bond acceptors (Lipinski definition) is 4. The van der Waals surface area contributed by atoms with Gasteiger partial charge in [-0.1, -0.05) is 146 Å². The third-order valence-electron chi connectivity index (χ3n) is 12.0. The highest BCUT2D eigenvalue weighted by Gasteiger charge is 2.24. The first-order valence-electron chi connectivity index (χ1n) is 20.7. The van der Waals surface area contributed by atoms with E-state index in [4.69, 9.17) is 19.9 Å². The van der Waals surface area contributed by atoms with E-state index in [2.05, 4.69) is 164 Å². The highest BCUT2D eigenvalue weighted by Crippen LogP contribution is 2.39. The predicted octanol–water partition coefficient (Wildman–Crippen LogP) is 12.7. The molecule has 0 aliphatic heterocycles. The van der Waals surface area contributed by atoms with Crippen LogP contribution in [0.5, 0.6) is 0 Å². The number of rotatable bonds is 6. The fourth-order valence-corrected chi connectivity index (χ4v) is 9.27. The molecule has 0 aliphatic carbocycles. The molecule has 0 saturated carbocycles. The molecule has 0 saturated heterocycles. The molecule has 8 nitrogen and oxygen atoms in total. The highest BCUT2D eigenvalue weighted by molar-refractivity contribution is 6.11. The zero-order chi connectivity index (χ0) is 40.7. The predicted molar refractivity (Wildman–Crippen MR) is 250 cm³/mol. The van der Waals surface area contributed by atoms with E-state index in [0.717, 1.165) is 94.3 Å². The quantitative estimate of drug-likeness (QED) is 0.168. The number of hydrogen-bond donors (Lipinski definition) is 0. The van der Waals surface area contributed by atoms with Crippen LogP contribution in [-0.4, -0.2) is 38.0 Å². The van der Waals surface area contributed by atoms with Gasteiger partial charge in [0.05, 0.1) is 27.6 Å². The van der Waals surface area contributed by atoms with E-state index < -0.39 is 0 Å². The van der Waals surface area contributed by atoms with Crippen molar-refractivity contribution >= 4 is 60.7 Å². The van der Waals surface area contributed by atoms with Gasteiger partial charge in [-0.15, -0.1) is 0 Å². The van der Waals surface area contributed by atoms with Crippen molar-refractivity contribution in [1.29, 1.82) is 0 Å². The van der Waals surface area contributed by atoms with Gasteiger partial charge in [0.1, 0.15) is 5.52 Å². The fourth-order valence-electron chi connectivity index (χ4n) is 9.27. The minimum atomic E-state index is 0.571. The van der Waals surface area contributed by atoms with Crippen LogP contribution in [0.2, 0.25) is 0 Å². The molecule has 13 aromatic rings. The second-order valence-corrected chi connectivity index (χ2v) is 15.6. The van der Waals surface area contributed by atoms with E-state index in [9.17, 15) is 0 Å². The Morgan fingerprint density at radius 1 is 0.306 bits per heavy atom. The topological polar surface area (TPSA) is 70.8 Å². The summed E-state index contributed by atoms with van der Waals surface area (Å²) < 4.78 is 9.08. The fraction of sp³-hybridized carbons (Fsp3) is 0. The molecular weight excluding hydrogens is 761 g/mol. The summed E-state index contributed by atoms with van der Waals surface area (Å²) in [5.41, 5.74) is 13.6. The van der Waals surface area contributed by atoms with Gasteiger partial charge in [-0.05, 0) is 71.8 Å². The number of imidazole rings is 2. The zero-order valence-electron chi connectivity index (χ0n) is 33.2. The van der Waals surface area contributed by atoms with E-state index in [0.29, 0.717) is 17.6 Å². The third kappa shape index (κ3) is 5.13. The maximum absolute atomic E-state index is 5.47. The molecule has 62 heavy (non-hydrogen) atoms. The lowest BCUT2D eigenvalue weighted by atomic mass is 10.0. The molecule has 5 aromatic heterocycles. The number of para-hydroxylation sites is 4. The molecule has 290 valence electrons. The Bertz CT molecular complexity index is 3790. The summed E-state index contributed by atoms with van der Waals surface area (Å²) in [6.45, 7) is 0. The minimum Gasteiger partial charge on any atom is -0.292 e. The molecule has 13 rings (SSSR count). The summed E-state index contributed by atoms with van der Waals surface area (Å²) in [6.07, 6.45) is 0. The maximum atomic E-state index is 5.47. The molecule has 0 N–H and O–H groups in total. The van der Waals surface area contributed by atoms with Crippen molar-refractivity contribution in [3.8, 4) is 51.2 Å². The Kier molecular flexibility index (Phi) is 7.43. The second kappa shape index (κ2) is 13.5. The summed E-state index contributed by atoms with van der Waals surface area (Å²) in [5.74, 6) is 2.69. The average Bonchev–Trinajstić information content (AvgIpc) is 4.07. The Morgan fingerprint density at radius 3 is 1.45 bits per heavy atom. The molecule has 0 aliphatic rings. The maximum Gasteiger partial charge on any atom is 0.238 e. The van der Waals surface area contributed by atoms with Gasteiger partial charge in [-0.25, -0.2) is 4.98 Å². The Morgan fingerprint density at radius 2 is 0.806 bits per heavy atom. The van der Waals surface area contributed by atoms with E-state index in [1.165, 1.54) is 0 Å². The number of nitrogens with zero attached hydrogens (tertiary/aromatic N) is 8. The van der Waals surface area contributed by atoms with Gasteiger partial charge in [0.25, 0.3) is 0 Å². The minimum absolute atomic E-state index is 0.571. The van der Waals surface area contributed by atoms with Gasteiger partial charge in [0.15, 0.2) is 17.3 Å². The number of fused-ring (bicyclic) bond motifs is 10. The summed E-state index contributed by atoms with van der Waals surface area (Å²) in [4.78, 5) is 20.7. The zero-order valence-corrected chi connectivity index (χ0v) is 33.2. The van der Waals surface area contributed by atoms with Gasteiger partial charge in [0.2, 0.25) is 11.7 Å². The van der Waals surface area contributed by atoms with Crippen LogP contribution >= 0.6 is 0 Å². The molecule has 0 unspecified atom stereocenters. The Hall–Kier alpha value is -8.62. The van der Waals surface area contributed by atoms with Crippen molar-refractivity contribution in [2.45, 2.75) is 0 Å². The Balaban J connectivity index is 1.03. The molecule has 0 fully saturated rings. The average molecular weight is 795 g/mol. The summed E-state index contributed by atoms with van der Waals surface area (Å²) in [6, 6.07) is 71.9. The van der Waals surface area contributed by atoms with Crippen LogP contribution in [0.4, 0.5) is 0 Å². The van der Waals surface area contributed by atoms with Crippen LogP contribution in [-0.2, 0) is 0 Å². The first-order valence-corrected chi connectivity index (χ1v) is 20.7. The molecule has 8 aromatic carbocycles. The first-order chi connectivity index (χ1) is 30.8. The lowest BCUT2D eigenvalue weighted by Gasteiger charge is -2.11. The van der Waals surface area contributed by atoms with E-state index in [1.807, 2.05) is 60.7 Å². The first kappa shape index (κ1) is 34.3. The van der Waals surface area contributed by atoms with Crippen molar-refractivity contribution in [2.75, 3.05) is 0 Å². The summed E-state index contributed by atoms with van der Waals surface area (Å²) in [5, 5.41) is 3.39. The van der Waals surface area contributed by atoms with Crippen molar-refractivity contribution in [3.63, 3.8) is 0 Å². The largest absolute Gasteiger partial charge is 0.292 e. The molecular formula is C54H34N8. The van der Waals surface area contributed by atoms with E-state index >= 15 is 0 Å². The van der Waals surface area contributed by atoms with E-state index in [1.54, 1.807) is 0 Å². The Labute approximate surface area is 354 Å². The van der Waals surface area contributed by atoms with E-state index in [-0.39, 0.29) is 0 Å². The SMILES string of the molecule is c1ccc(-c2nc(-c3ccccc3)nc(-n3c4ccccc4c4cc(-c5ccc6c(c5)n(-c5ccccc5)c5nc7c(c8ccccc8n7-c7ccccc7)n65)ccc43)n2)cc1. The van der Waals surface area contributed by atoms with Crippen molar-refractivity contribution < 1.29 is 0 Å². The smallest absolute Gasteiger partial charge is 0.238 e. The molecule has 8 heteroatoms. The monoisotopic (exact) mass is 794 g/mol. The summed E-state index contributed by atoms with van der Waals surface area (Å²) >= 11 is 0. The molecule has 0 spiro atoms. The van der Waals surface area contributed by atoms with Crippen LogP contribution < -0.4 is 0 Å². The van der Waals surface area contributed by atoms with Gasteiger partial charge in [-0.3, -0.25) is 18.1 Å². The normalized spacial score (nSPS) is 11.9. The lowest BCUT2D eigenvalue weighted by Crippen LogP contribution is -2.06. The van der Waals surface area contributed by atoms with Crippen molar-refractivity contribution in [3.05, 3.63) is 206 Å². The lowest BCUT2D eigenvalue weighted by molar-refractivity contribution is 0.953. The number of benzene rings is 8. The standard InChI is InChI=1S/C54H34N8/c1-5-17-35(18-6-1)50-55-51(36-19-7-2-8-20-36)57-53(56-50)61-44-27-15-13-25-41(44)43-33-37(29-31-46(43)61)38-30-32-47-48(34-38)60(40-23-11-4-12-24-40)54-58-52-49(62(47)54)42-26-14-16-28-45(42)59(52)39-21-9-3-10-22-39/h1-34H. The number of aromatic nitrogens is 8. The van der Waals surface area contributed by atoms with Gasteiger partial charge in [-0.2, -0.15) is 15.0 Å². The molecule has 0 amide bonds. The van der Waals surface area contributed by atoms with Crippen LogP contribution in [0, 0.1) is 0 Å². The van der Waals surface area contributed by atoms with Gasteiger partial charge < -0.3 is 0 Å². The van der Waals surface area contributed by atoms with Crippen molar-refractivity contribution in [2.24, 2.45) is 0 Å². The highest BCUT2D eigenvalue weighted by atomic mass is 15.2.